The van der Waals surface area contributed by atoms with Gasteiger partial charge < -0.3 is 14.7 Å². The summed E-state index contributed by atoms with van der Waals surface area (Å²) in [6.07, 6.45) is 0. The van der Waals surface area contributed by atoms with E-state index in [4.69, 9.17) is 4.74 Å². The number of aliphatic hydroxyl groups excluding tert-OH is 1. The molecule has 0 aromatic heterocycles. The van der Waals surface area contributed by atoms with E-state index in [0.717, 1.165) is 24.2 Å². The van der Waals surface area contributed by atoms with Gasteiger partial charge in [-0.15, -0.1) is 0 Å². The molecule has 2 aromatic carbocycles. The van der Waals surface area contributed by atoms with E-state index >= 15 is 0 Å². The van der Waals surface area contributed by atoms with Crippen molar-refractivity contribution in [3.63, 3.8) is 0 Å². The first-order chi connectivity index (χ1) is 15.9. The third-order valence-electron chi connectivity index (χ3n) is 6.54. The molecule has 0 radical (unpaired) electrons. The molecule has 1 N–H and O–H groups in total. The summed E-state index contributed by atoms with van der Waals surface area (Å²) in [5.74, 6) is -0.942. The Labute approximate surface area is 195 Å². The second kappa shape index (κ2) is 9.89. The number of nitrogens with zero attached hydrogens (tertiary/aromatic N) is 2. The lowest BCUT2D eigenvalue weighted by molar-refractivity contribution is -0.140. The van der Waals surface area contributed by atoms with Crippen LogP contribution in [0.2, 0.25) is 0 Å². The number of aryl methyl sites for hydroxylation is 1. The monoisotopic (exact) mass is 448 g/mol. The molecule has 2 aliphatic heterocycles. The molecule has 0 unspecified atom stereocenters. The van der Waals surface area contributed by atoms with Crippen molar-refractivity contribution in [1.82, 2.24) is 9.80 Å². The number of ether oxygens (including phenoxy) is 1. The van der Waals surface area contributed by atoms with Crippen molar-refractivity contribution in [2.24, 2.45) is 0 Å². The highest BCUT2D eigenvalue weighted by Gasteiger charge is 2.46. The minimum atomic E-state index is -0.631. The fraction of sp³-hybridized carbons (Fsp3) is 0.407. The Bertz CT molecular complexity index is 1030. The van der Waals surface area contributed by atoms with Crippen LogP contribution in [-0.4, -0.2) is 66.0 Å². The third kappa shape index (κ3) is 4.87. The van der Waals surface area contributed by atoms with E-state index in [2.05, 4.69) is 18.7 Å². The Balaban J connectivity index is 1.73. The van der Waals surface area contributed by atoms with Crippen LogP contribution in [0.5, 0.6) is 0 Å². The van der Waals surface area contributed by atoms with Gasteiger partial charge in [0.15, 0.2) is 0 Å². The summed E-state index contributed by atoms with van der Waals surface area (Å²) in [6.45, 7) is 10.2. The molecule has 4 rings (SSSR count). The van der Waals surface area contributed by atoms with Crippen LogP contribution in [0.4, 0.5) is 0 Å². The van der Waals surface area contributed by atoms with Gasteiger partial charge in [0.25, 0.3) is 11.7 Å². The molecule has 0 bridgehead atoms. The van der Waals surface area contributed by atoms with Crippen molar-refractivity contribution in [3.8, 4) is 0 Å². The van der Waals surface area contributed by atoms with Gasteiger partial charge in [0.1, 0.15) is 5.76 Å². The van der Waals surface area contributed by atoms with Crippen LogP contribution in [-0.2, 0) is 14.3 Å². The van der Waals surface area contributed by atoms with Crippen molar-refractivity contribution in [2.45, 2.75) is 32.7 Å². The zero-order valence-corrected chi connectivity index (χ0v) is 19.6. The Kier molecular flexibility index (Phi) is 6.96. The second-order valence-corrected chi connectivity index (χ2v) is 9.13. The molecule has 174 valence electrons. The number of benzene rings is 2. The van der Waals surface area contributed by atoms with Crippen molar-refractivity contribution < 1.29 is 19.4 Å². The second-order valence-electron chi connectivity index (χ2n) is 9.13. The first-order valence-electron chi connectivity index (χ1n) is 11.6. The third-order valence-corrected chi connectivity index (χ3v) is 6.54. The van der Waals surface area contributed by atoms with E-state index in [0.29, 0.717) is 37.8 Å². The summed E-state index contributed by atoms with van der Waals surface area (Å²) in [6, 6.07) is 14.7. The number of morpholine rings is 1. The van der Waals surface area contributed by atoms with Gasteiger partial charge in [0.05, 0.1) is 24.8 Å². The SMILES string of the molecule is Cc1ccc(/C(O)=C2\C(=O)C(=O)N(CCN3CCOCC3)[C@@H]2c2ccc(C(C)C)cc2)cc1. The lowest BCUT2D eigenvalue weighted by atomic mass is 9.93. The molecule has 33 heavy (non-hydrogen) atoms. The molecule has 0 spiro atoms. The van der Waals surface area contributed by atoms with Crippen molar-refractivity contribution in [2.75, 3.05) is 39.4 Å². The lowest BCUT2D eigenvalue weighted by Crippen LogP contribution is -2.42. The molecule has 2 aliphatic rings. The Morgan fingerprint density at radius 3 is 2.24 bits per heavy atom. The molecular weight excluding hydrogens is 416 g/mol. The molecule has 0 saturated carbocycles. The predicted octanol–water partition coefficient (Wildman–Crippen LogP) is 3.87. The van der Waals surface area contributed by atoms with Gasteiger partial charge in [-0.1, -0.05) is 67.9 Å². The maximum absolute atomic E-state index is 13.2. The highest BCUT2D eigenvalue weighted by atomic mass is 16.5. The number of amides is 1. The largest absolute Gasteiger partial charge is 0.507 e. The predicted molar refractivity (Wildman–Crippen MR) is 128 cm³/mol. The maximum Gasteiger partial charge on any atom is 0.295 e. The Morgan fingerprint density at radius 1 is 1.00 bits per heavy atom. The number of ketones is 1. The van der Waals surface area contributed by atoms with Gasteiger partial charge in [-0.05, 0) is 24.0 Å². The molecule has 0 aliphatic carbocycles. The van der Waals surface area contributed by atoms with E-state index in [9.17, 15) is 14.7 Å². The number of likely N-dealkylation sites (tertiary alicyclic amines) is 1. The Morgan fingerprint density at radius 2 is 1.64 bits per heavy atom. The van der Waals surface area contributed by atoms with Gasteiger partial charge in [-0.2, -0.15) is 0 Å². The van der Waals surface area contributed by atoms with Gasteiger partial charge in [-0.25, -0.2) is 0 Å². The van der Waals surface area contributed by atoms with Crippen LogP contribution < -0.4 is 0 Å². The molecule has 1 amide bonds. The number of aliphatic hydroxyl groups is 1. The fourth-order valence-corrected chi connectivity index (χ4v) is 4.46. The van der Waals surface area contributed by atoms with Crippen molar-refractivity contribution in [1.29, 1.82) is 0 Å². The minimum absolute atomic E-state index is 0.125. The van der Waals surface area contributed by atoms with E-state index in [-0.39, 0.29) is 11.3 Å². The summed E-state index contributed by atoms with van der Waals surface area (Å²) in [4.78, 5) is 30.1. The average Bonchev–Trinajstić information content (AvgIpc) is 3.08. The number of Topliss-reactive ketones (excluding diaryl/α,β-unsaturated/α-hetero) is 1. The normalized spacial score (nSPS) is 21.2. The topological polar surface area (TPSA) is 70.1 Å². The zero-order valence-electron chi connectivity index (χ0n) is 19.6. The summed E-state index contributed by atoms with van der Waals surface area (Å²) < 4.78 is 5.42. The first-order valence-corrected chi connectivity index (χ1v) is 11.6. The van der Waals surface area contributed by atoms with E-state index in [1.165, 1.54) is 5.56 Å². The fourth-order valence-electron chi connectivity index (χ4n) is 4.46. The van der Waals surface area contributed by atoms with E-state index in [1.807, 2.05) is 43.3 Å². The van der Waals surface area contributed by atoms with E-state index in [1.54, 1.807) is 17.0 Å². The number of carbonyl (C=O) groups excluding carboxylic acids is 2. The highest BCUT2D eigenvalue weighted by Crippen LogP contribution is 2.39. The van der Waals surface area contributed by atoms with Gasteiger partial charge >= 0.3 is 0 Å². The van der Waals surface area contributed by atoms with E-state index < -0.39 is 17.7 Å². The summed E-state index contributed by atoms with van der Waals surface area (Å²) in [5, 5.41) is 11.2. The van der Waals surface area contributed by atoms with Crippen LogP contribution in [0.15, 0.2) is 54.1 Å². The molecule has 6 nitrogen and oxygen atoms in total. The number of hydrogen-bond donors (Lipinski definition) is 1. The molecular formula is C27H32N2O4. The molecule has 2 fully saturated rings. The average molecular weight is 449 g/mol. The summed E-state index contributed by atoms with van der Waals surface area (Å²) in [5.41, 5.74) is 3.76. The maximum atomic E-state index is 13.2. The van der Waals surface area contributed by atoms with Crippen LogP contribution in [0.1, 0.15) is 48.1 Å². The van der Waals surface area contributed by atoms with Crippen LogP contribution >= 0.6 is 0 Å². The van der Waals surface area contributed by atoms with Crippen LogP contribution in [0.25, 0.3) is 5.76 Å². The molecule has 2 aromatic rings. The molecule has 1 atom stereocenters. The molecule has 2 heterocycles. The first kappa shape index (κ1) is 23.2. The summed E-state index contributed by atoms with van der Waals surface area (Å²) >= 11 is 0. The molecule has 6 heteroatoms. The smallest absolute Gasteiger partial charge is 0.295 e. The van der Waals surface area contributed by atoms with Crippen molar-refractivity contribution in [3.05, 3.63) is 76.4 Å². The highest BCUT2D eigenvalue weighted by molar-refractivity contribution is 6.46. The van der Waals surface area contributed by atoms with Crippen LogP contribution in [0.3, 0.4) is 0 Å². The minimum Gasteiger partial charge on any atom is -0.507 e. The quantitative estimate of drug-likeness (QED) is 0.413. The van der Waals surface area contributed by atoms with Gasteiger partial charge in [0.2, 0.25) is 0 Å². The number of carbonyl (C=O) groups is 2. The van der Waals surface area contributed by atoms with Gasteiger partial charge in [0, 0.05) is 31.7 Å². The Hall–Kier alpha value is -2.96. The number of hydrogen-bond acceptors (Lipinski definition) is 5. The summed E-state index contributed by atoms with van der Waals surface area (Å²) in [7, 11) is 0. The standard InChI is InChI=1S/C27H32N2O4/c1-18(2)20-8-10-21(11-9-20)24-23(25(30)22-6-4-19(3)5-7-22)26(31)27(32)29(24)13-12-28-14-16-33-17-15-28/h4-11,18,24,30H,12-17H2,1-3H3/b25-23+/t24-/m1/s1. The lowest BCUT2D eigenvalue weighted by Gasteiger charge is -2.31. The van der Waals surface area contributed by atoms with Crippen molar-refractivity contribution >= 4 is 17.4 Å². The number of rotatable bonds is 6. The molecule has 2 saturated heterocycles. The van der Waals surface area contributed by atoms with Crippen LogP contribution in [0, 0.1) is 6.92 Å². The zero-order chi connectivity index (χ0) is 23.5. The van der Waals surface area contributed by atoms with Gasteiger partial charge in [-0.3, -0.25) is 14.5 Å².